The molecule has 1 aliphatic rings. The van der Waals surface area contributed by atoms with E-state index in [4.69, 9.17) is 0 Å². The minimum atomic E-state index is -4.32. The Hall–Kier alpha value is 0.390. The van der Waals surface area contributed by atoms with Crippen LogP contribution in [-0.4, -0.2) is 13.0 Å². The van der Waals surface area contributed by atoms with Gasteiger partial charge in [-0.2, -0.15) is 0 Å². The quantitative estimate of drug-likeness (QED) is 0.326. The van der Waals surface area contributed by atoms with E-state index in [-0.39, 0.29) is 39.9 Å². The van der Waals surface area contributed by atoms with Crippen LogP contribution in [0.2, 0.25) is 0 Å². The first kappa shape index (κ1) is 23.4. The maximum absolute atomic E-state index is 11.1. The van der Waals surface area contributed by atoms with Crippen LogP contribution in [0.15, 0.2) is 23.1 Å². The van der Waals surface area contributed by atoms with Crippen molar-refractivity contribution in [1.29, 1.82) is 0 Å². The largest absolute Gasteiger partial charge is 1.00 e. The average molecular weight is 352 g/mol. The number of allylic oxidation sites excluding steroid dienone is 3. The summed E-state index contributed by atoms with van der Waals surface area (Å²) in [6.45, 7) is 4.28. The SMILES string of the molecule is CCCCCCCCCCCC1(C)C=[14C](S(=O)(=O)[O-])C=CC1.[Na+]. The van der Waals surface area contributed by atoms with E-state index in [0.717, 1.165) is 19.3 Å². The predicted octanol–water partition coefficient (Wildman–Crippen LogP) is 2.31. The topological polar surface area (TPSA) is 57.2 Å². The van der Waals surface area contributed by atoms with Crippen LogP contribution in [0, 0.1) is 5.41 Å². The summed E-state index contributed by atoms with van der Waals surface area (Å²) in [6, 6.07) is 0. The summed E-state index contributed by atoms with van der Waals surface area (Å²) in [4.78, 5) is -0.0582. The summed E-state index contributed by atoms with van der Waals surface area (Å²) < 4.78 is 33.4. The molecule has 0 aromatic rings. The van der Waals surface area contributed by atoms with Gasteiger partial charge in [0.1, 0.15) is 10.1 Å². The van der Waals surface area contributed by atoms with Gasteiger partial charge in [-0.3, -0.25) is 0 Å². The molecule has 0 heterocycles. The molecule has 23 heavy (non-hydrogen) atoms. The number of hydrogen-bond donors (Lipinski definition) is 0. The Morgan fingerprint density at radius 2 is 1.57 bits per heavy atom. The Morgan fingerprint density at radius 1 is 1.04 bits per heavy atom. The molecule has 0 spiro atoms. The van der Waals surface area contributed by atoms with Crippen molar-refractivity contribution < 1.29 is 42.5 Å². The van der Waals surface area contributed by atoms with Crippen LogP contribution in [0.3, 0.4) is 0 Å². The summed E-state index contributed by atoms with van der Waals surface area (Å²) in [5, 5.41) is 0. The Labute approximate surface area is 165 Å². The summed E-state index contributed by atoms with van der Waals surface area (Å²) in [5.74, 6) is 0. The molecule has 3 nitrogen and oxygen atoms in total. The first-order valence-electron chi connectivity index (χ1n) is 8.73. The Kier molecular flexibility index (Phi) is 12.1. The Bertz CT molecular complexity index is 482. The van der Waals surface area contributed by atoms with Crippen LogP contribution >= 0.6 is 0 Å². The van der Waals surface area contributed by atoms with Crippen LogP contribution in [0.5, 0.6) is 0 Å². The van der Waals surface area contributed by atoms with Crippen LogP contribution in [-0.2, 0) is 10.1 Å². The van der Waals surface area contributed by atoms with E-state index in [1.54, 1.807) is 6.08 Å². The smallest absolute Gasteiger partial charge is 0.744 e. The molecular formula is C18H31NaO3S. The molecule has 0 aliphatic heterocycles. The normalized spacial score (nSPS) is 20.9. The van der Waals surface area contributed by atoms with E-state index in [1.807, 2.05) is 13.0 Å². The predicted molar refractivity (Wildman–Crippen MR) is 91.5 cm³/mol. The Balaban J connectivity index is 0.00000484. The van der Waals surface area contributed by atoms with Crippen LogP contribution in [0.4, 0.5) is 0 Å². The fourth-order valence-electron chi connectivity index (χ4n) is 3.06. The van der Waals surface area contributed by atoms with Gasteiger partial charge < -0.3 is 4.55 Å². The molecule has 0 aromatic heterocycles. The number of unbranched alkanes of at least 4 members (excludes halogenated alkanes) is 8. The molecule has 0 fully saturated rings. The molecule has 1 aliphatic carbocycles. The third-order valence-corrected chi connectivity index (χ3v) is 5.33. The van der Waals surface area contributed by atoms with Crippen LogP contribution < -0.4 is 29.6 Å². The molecule has 0 amide bonds. The van der Waals surface area contributed by atoms with Gasteiger partial charge in [-0.15, -0.1) is 0 Å². The van der Waals surface area contributed by atoms with Crippen LogP contribution in [0.25, 0.3) is 0 Å². The van der Waals surface area contributed by atoms with Gasteiger partial charge in [0.05, 0.1) is 4.91 Å². The standard InChI is InChI=1S/C18H32O3S.Na/c1-3-4-5-6-7-8-9-10-11-14-18(2)15-12-13-17(16-18)22(19,20)21;/h12-13,16H,3-11,14-15H2,1-2H3,(H,19,20,21);/q;+1/p-1/i17+2;. The minimum Gasteiger partial charge on any atom is -0.744 e. The molecule has 1 unspecified atom stereocenters. The molecule has 0 aromatic carbocycles. The molecule has 5 heteroatoms. The van der Waals surface area contributed by atoms with Crippen molar-refractivity contribution >= 4 is 10.1 Å². The van der Waals surface area contributed by atoms with Crippen molar-refractivity contribution in [2.75, 3.05) is 0 Å². The van der Waals surface area contributed by atoms with Crippen molar-refractivity contribution in [2.45, 2.75) is 84.5 Å². The average Bonchev–Trinajstić information content (AvgIpc) is 2.44. The van der Waals surface area contributed by atoms with Gasteiger partial charge in [-0.25, -0.2) is 8.42 Å². The van der Waals surface area contributed by atoms with E-state index >= 15 is 0 Å². The van der Waals surface area contributed by atoms with Gasteiger partial charge in [0, 0.05) is 0 Å². The van der Waals surface area contributed by atoms with Crippen LogP contribution in [0.1, 0.15) is 84.5 Å². The minimum absolute atomic E-state index is 0. The third kappa shape index (κ3) is 10.1. The van der Waals surface area contributed by atoms with Crippen molar-refractivity contribution in [1.82, 2.24) is 0 Å². The van der Waals surface area contributed by atoms with E-state index in [2.05, 4.69) is 6.92 Å². The zero-order chi connectivity index (χ0) is 16.5. The van der Waals surface area contributed by atoms with Crippen molar-refractivity contribution in [3.63, 3.8) is 0 Å². The molecular weight excluding hydrogens is 321 g/mol. The molecule has 1 rings (SSSR count). The second-order valence-electron chi connectivity index (χ2n) is 6.84. The first-order chi connectivity index (χ1) is 10.4. The molecule has 128 valence electrons. The van der Waals surface area contributed by atoms with E-state index in [1.165, 1.54) is 57.4 Å². The van der Waals surface area contributed by atoms with Gasteiger partial charge in [-0.1, -0.05) is 83.8 Å². The third-order valence-electron chi connectivity index (χ3n) is 4.50. The Morgan fingerprint density at radius 3 is 2.09 bits per heavy atom. The summed E-state index contributed by atoms with van der Waals surface area (Å²) in [5.41, 5.74) is -0.178. The number of rotatable bonds is 11. The first-order valence-corrected chi connectivity index (χ1v) is 10.1. The maximum Gasteiger partial charge on any atom is 1.00 e. The zero-order valence-corrected chi connectivity index (χ0v) is 18.0. The molecule has 0 radical (unpaired) electrons. The summed E-state index contributed by atoms with van der Waals surface area (Å²) in [6.07, 6.45) is 18.2. The molecule has 0 bridgehead atoms. The number of hydrogen-bond acceptors (Lipinski definition) is 3. The maximum atomic E-state index is 11.1. The summed E-state index contributed by atoms with van der Waals surface area (Å²) in [7, 11) is -4.32. The molecule has 1 atom stereocenters. The summed E-state index contributed by atoms with van der Waals surface area (Å²) >= 11 is 0. The fourth-order valence-corrected chi connectivity index (χ4v) is 3.76. The van der Waals surface area contributed by atoms with Crippen molar-refractivity contribution in [2.24, 2.45) is 5.41 Å². The zero-order valence-electron chi connectivity index (χ0n) is 15.1. The fraction of sp³-hybridized carbons (Fsp3) is 0.778. The van der Waals surface area contributed by atoms with Gasteiger partial charge >= 0.3 is 29.6 Å². The van der Waals surface area contributed by atoms with E-state index in [9.17, 15) is 13.0 Å². The van der Waals surface area contributed by atoms with E-state index < -0.39 is 10.1 Å². The molecule has 0 saturated heterocycles. The second-order valence-corrected chi connectivity index (χ2v) is 8.22. The molecule has 0 N–H and O–H groups in total. The molecule has 0 saturated carbocycles. The van der Waals surface area contributed by atoms with Gasteiger partial charge in [-0.05, 0) is 24.3 Å². The van der Waals surface area contributed by atoms with Gasteiger partial charge in [0.2, 0.25) is 0 Å². The van der Waals surface area contributed by atoms with E-state index in [0.29, 0.717) is 0 Å². The van der Waals surface area contributed by atoms with Crippen molar-refractivity contribution in [3.8, 4) is 0 Å². The van der Waals surface area contributed by atoms with Crippen molar-refractivity contribution in [3.05, 3.63) is 23.1 Å². The van der Waals surface area contributed by atoms with Gasteiger partial charge in [0.25, 0.3) is 0 Å². The monoisotopic (exact) mass is 352 g/mol. The van der Waals surface area contributed by atoms with Gasteiger partial charge in [0.15, 0.2) is 0 Å². The second kappa shape index (κ2) is 11.9.